The highest BCUT2D eigenvalue weighted by atomic mass is 32.2. The summed E-state index contributed by atoms with van der Waals surface area (Å²) in [7, 11) is 0. The molecule has 1 fully saturated rings. The number of benzene rings is 3. The van der Waals surface area contributed by atoms with E-state index in [1.807, 2.05) is 77.7 Å². The fourth-order valence-electron chi connectivity index (χ4n) is 3.89. The average Bonchev–Trinajstić information content (AvgIpc) is 3.21. The fourth-order valence-corrected chi connectivity index (χ4v) is 5.06. The van der Waals surface area contributed by atoms with Crippen molar-refractivity contribution in [2.24, 2.45) is 0 Å². The number of carbonyl (C=O) groups is 2. The number of anilines is 2. The molecular weight excluding hydrogens is 432 g/mol. The summed E-state index contributed by atoms with van der Waals surface area (Å²) >= 11 is 1.62. The van der Waals surface area contributed by atoms with Crippen LogP contribution in [0.15, 0.2) is 78.9 Å². The fraction of sp³-hybridized carbons (Fsp3) is 0.259. The van der Waals surface area contributed by atoms with Crippen molar-refractivity contribution in [2.45, 2.75) is 31.7 Å². The van der Waals surface area contributed by atoms with Crippen LogP contribution in [0.1, 0.15) is 41.8 Å². The van der Waals surface area contributed by atoms with Crippen LogP contribution in [0.3, 0.4) is 0 Å². The zero-order valence-electron chi connectivity index (χ0n) is 18.9. The summed E-state index contributed by atoms with van der Waals surface area (Å²) in [5, 5.41) is 2.78. The van der Waals surface area contributed by atoms with E-state index in [2.05, 4.69) is 25.2 Å². The summed E-state index contributed by atoms with van der Waals surface area (Å²) in [5.74, 6) is 0.693. The topological polar surface area (TPSA) is 58.6 Å². The SMILES string of the molecule is CC(C)c1ccccc1N1C(=O)CSC1c1ccc(NC(=O)COCc2ccccc2)cc1. The summed E-state index contributed by atoms with van der Waals surface area (Å²) in [6.07, 6.45) is 0. The summed E-state index contributed by atoms with van der Waals surface area (Å²) in [6, 6.07) is 25.6. The normalized spacial score (nSPS) is 15.8. The molecule has 0 aromatic heterocycles. The van der Waals surface area contributed by atoms with Crippen LogP contribution in [0.5, 0.6) is 0 Å². The summed E-state index contributed by atoms with van der Waals surface area (Å²) in [5.41, 5.74) is 4.90. The van der Waals surface area contributed by atoms with Gasteiger partial charge in [-0.05, 0) is 40.8 Å². The lowest BCUT2D eigenvalue weighted by molar-refractivity contribution is -0.121. The molecule has 1 aliphatic rings. The first-order valence-corrected chi connectivity index (χ1v) is 12.1. The number of hydrogen-bond acceptors (Lipinski definition) is 4. The Morgan fingerprint density at radius 3 is 2.45 bits per heavy atom. The molecule has 1 N–H and O–H groups in total. The molecule has 3 aromatic rings. The van der Waals surface area contributed by atoms with Gasteiger partial charge in [-0.15, -0.1) is 11.8 Å². The molecule has 0 bridgehead atoms. The van der Waals surface area contributed by atoms with Gasteiger partial charge in [0.05, 0.1) is 12.4 Å². The first-order chi connectivity index (χ1) is 16.0. The number of nitrogens with zero attached hydrogens (tertiary/aromatic N) is 1. The number of thioether (sulfide) groups is 1. The minimum Gasteiger partial charge on any atom is -0.367 e. The van der Waals surface area contributed by atoms with Crippen LogP contribution in [-0.2, 0) is 20.9 Å². The van der Waals surface area contributed by atoms with Crippen molar-refractivity contribution >= 4 is 35.0 Å². The highest BCUT2D eigenvalue weighted by Crippen LogP contribution is 2.44. The molecular formula is C27H28N2O3S. The zero-order chi connectivity index (χ0) is 23.2. The van der Waals surface area contributed by atoms with E-state index in [4.69, 9.17) is 4.74 Å². The second-order valence-electron chi connectivity index (χ2n) is 8.29. The number of ether oxygens (including phenoxy) is 1. The molecule has 1 saturated heterocycles. The maximum Gasteiger partial charge on any atom is 0.250 e. The van der Waals surface area contributed by atoms with Crippen LogP contribution in [0, 0.1) is 0 Å². The Morgan fingerprint density at radius 1 is 1.03 bits per heavy atom. The molecule has 1 heterocycles. The molecule has 0 spiro atoms. The standard InChI is InChI=1S/C27H28N2O3S/c1-19(2)23-10-6-7-11-24(23)29-26(31)18-33-27(29)21-12-14-22(15-13-21)28-25(30)17-32-16-20-8-4-3-5-9-20/h3-15,19,27H,16-18H2,1-2H3,(H,28,30). The molecule has 4 rings (SSSR count). The third-order valence-corrected chi connectivity index (χ3v) is 6.72. The number of rotatable bonds is 8. The molecule has 170 valence electrons. The lowest BCUT2D eigenvalue weighted by Gasteiger charge is -2.27. The minimum absolute atomic E-state index is 0.0105. The maximum absolute atomic E-state index is 12.8. The van der Waals surface area contributed by atoms with Gasteiger partial charge in [-0.1, -0.05) is 74.5 Å². The lowest BCUT2D eigenvalue weighted by Crippen LogP contribution is -2.29. The quantitative estimate of drug-likeness (QED) is 0.465. The molecule has 33 heavy (non-hydrogen) atoms. The van der Waals surface area contributed by atoms with Crippen LogP contribution in [-0.4, -0.2) is 24.2 Å². The van der Waals surface area contributed by atoms with Crippen molar-refractivity contribution < 1.29 is 14.3 Å². The number of carbonyl (C=O) groups excluding carboxylic acids is 2. The van der Waals surface area contributed by atoms with Crippen LogP contribution < -0.4 is 10.2 Å². The molecule has 1 aliphatic heterocycles. The van der Waals surface area contributed by atoms with Crippen molar-refractivity contribution in [2.75, 3.05) is 22.6 Å². The summed E-state index contributed by atoms with van der Waals surface area (Å²) in [6.45, 7) is 4.67. The monoisotopic (exact) mass is 460 g/mol. The highest BCUT2D eigenvalue weighted by Gasteiger charge is 2.35. The molecule has 0 radical (unpaired) electrons. The first-order valence-electron chi connectivity index (χ1n) is 11.1. The molecule has 0 aliphatic carbocycles. The van der Waals surface area contributed by atoms with E-state index in [-0.39, 0.29) is 23.8 Å². The van der Waals surface area contributed by atoms with Gasteiger partial charge in [0, 0.05) is 11.4 Å². The molecule has 1 unspecified atom stereocenters. The largest absolute Gasteiger partial charge is 0.367 e. The molecule has 2 amide bonds. The van der Waals surface area contributed by atoms with Crippen molar-refractivity contribution in [3.05, 3.63) is 95.6 Å². The van der Waals surface area contributed by atoms with Crippen LogP contribution >= 0.6 is 11.8 Å². The highest BCUT2D eigenvalue weighted by molar-refractivity contribution is 8.00. The second kappa shape index (κ2) is 10.7. The van der Waals surface area contributed by atoms with Crippen molar-refractivity contribution in [1.82, 2.24) is 0 Å². The smallest absolute Gasteiger partial charge is 0.250 e. The predicted molar refractivity (Wildman–Crippen MR) is 134 cm³/mol. The molecule has 0 saturated carbocycles. The summed E-state index contributed by atoms with van der Waals surface area (Å²) in [4.78, 5) is 26.9. The third kappa shape index (κ3) is 5.64. The molecule has 5 nitrogen and oxygen atoms in total. The van der Waals surface area contributed by atoms with E-state index < -0.39 is 0 Å². The van der Waals surface area contributed by atoms with Gasteiger partial charge in [0.15, 0.2) is 0 Å². The van der Waals surface area contributed by atoms with Crippen LogP contribution in [0.4, 0.5) is 11.4 Å². The third-order valence-electron chi connectivity index (χ3n) is 5.51. The van der Waals surface area contributed by atoms with Crippen molar-refractivity contribution in [3.63, 3.8) is 0 Å². The van der Waals surface area contributed by atoms with E-state index in [9.17, 15) is 9.59 Å². The molecule has 1 atom stereocenters. The number of nitrogens with one attached hydrogen (secondary N) is 1. The van der Waals surface area contributed by atoms with Crippen LogP contribution in [0.2, 0.25) is 0 Å². The number of amides is 2. The van der Waals surface area contributed by atoms with E-state index >= 15 is 0 Å². The van der Waals surface area contributed by atoms with Crippen molar-refractivity contribution in [1.29, 1.82) is 0 Å². The van der Waals surface area contributed by atoms with Gasteiger partial charge in [-0.25, -0.2) is 0 Å². The lowest BCUT2D eigenvalue weighted by atomic mass is 10.00. The Hall–Kier alpha value is -3.09. The van der Waals surface area contributed by atoms with Gasteiger partial charge in [0.2, 0.25) is 11.8 Å². The van der Waals surface area contributed by atoms with Gasteiger partial charge < -0.3 is 10.1 Å². The molecule has 6 heteroatoms. The van der Waals surface area contributed by atoms with Crippen molar-refractivity contribution in [3.8, 4) is 0 Å². The molecule has 3 aromatic carbocycles. The van der Waals surface area contributed by atoms with E-state index in [1.54, 1.807) is 11.8 Å². The van der Waals surface area contributed by atoms with E-state index in [1.165, 1.54) is 0 Å². The Morgan fingerprint density at radius 2 is 1.73 bits per heavy atom. The first kappa shape index (κ1) is 23.1. The van der Waals surface area contributed by atoms with Gasteiger partial charge in [-0.2, -0.15) is 0 Å². The average molecular weight is 461 g/mol. The van der Waals surface area contributed by atoms with E-state index in [0.29, 0.717) is 24.0 Å². The number of hydrogen-bond donors (Lipinski definition) is 1. The van der Waals surface area contributed by atoms with Crippen LogP contribution in [0.25, 0.3) is 0 Å². The van der Waals surface area contributed by atoms with Gasteiger partial charge in [0.1, 0.15) is 12.0 Å². The minimum atomic E-state index is -0.198. The Labute approximate surface area is 199 Å². The summed E-state index contributed by atoms with van der Waals surface area (Å²) < 4.78 is 5.50. The predicted octanol–water partition coefficient (Wildman–Crippen LogP) is 5.74. The Balaban J connectivity index is 1.40. The maximum atomic E-state index is 12.8. The Bertz CT molecular complexity index is 1100. The van der Waals surface area contributed by atoms with Gasteiger partial charge in [-0.3, -0.25) is 14.5 Å². The van der Waals surface area contributed by atoms with Gasteiger partial charge in [0.25, 0.3) is 0 Å². The second-order valence-corrected chi connectivity index (χ2v) is 9.36. The van der Waals surface area contributed by atoms with Gasteiger partial charge >= 0.3 is 0 Å². The van der Waals surface area contributed by atoms with E-state index in [0.717, 1.165) is 22.4 Å². The Kier molecular flexibility index (Phi) is 7.47. The number of para-hydroxylation sites is 1. The zero-order valence-corrected chi connectivity index (χ0v) is 19.7.